The number of nitrogens with two attached hydrogens (primary N) is 1. The number of methoxy groups -OCH3 is 1. The van der Waals surface area contributed by atoms with E-state index < -0.39 is 6.04 Å². The van der Waals surface area contributed by atoms with Gasteiger partial charge in [0.05, 0.1) is 7.11 Å². The van der Waals surface area contributed by atoms with Crippen LogP contribution in [0.3, 0.4) is 0 Å². The van der Waals surface area contributed by atoms with E-state index in [9.17, 15) is 4.79 Å². The zero-order chi connectivity index (χ0) is 17.8. The monoisotopic (exact) mass is 344 g/mol. The van der Waals surface area contributed by atoms with Crippen LogP contribution >= 0.6 is 0 Å². The van der Waals surface area contributed by atoms with E-state index in [4.69, 9.17) is 15.0 Å². The molecule has 1 fully saturated rings. The first-order valence-corrected chi connectivity index (χ1v) is 8.57. The fourth-order valence-electron chi connectivity index (χ4n) is 3.53. The summed E-state index contributed by atoms with van der Waals surface area (Å²) in [6, 6.07) is 6.98. The molecule has 2 aromatic rings. The number of rotatable bonds is 6. The molecule has 3 N–H and O–H groups in total. The highest BCUT2D eigenvalue weighted by atomic mass is 16.5. The second-order valence-corrected chi connectivity index (χ2v) is 6.39. The minimum atomic E-state index is -0.528. The van der Waals surface area contributed by atoms with Crippen molar-refractivity contribution in [2.45, 2.75) is 32.2 Å². The molecule has 1 aliphatic rings. The standard InChI is InChI=1S/C18H24N4O3/c1-11-20-17(22-25-11)16(14-7-3-4-9-15(14)24-2)21-18(23)13-8-5-6-12(13)10-19/h3-4,7,9,12-13,16H,5-6,8,10,19H2,1-2H3,(H,21,23)/t12-,13-,16?/m1/s1. The van der Waals surface area contributed by atoms with Crippen molar-refractivity contribution in [2.24, 2.45) is 17.6 Å². The van der Waals surface area contributed by atoms with Gasteiger partial charge in [0.2, 0.25) is 11.8 Å². The van der Waals surface area contributed by atoms with E-state index in [0.29, 0.717) is 24.0 Å². The second-order valence-electron chi connectivity index (χ2n) is 6.39. The van der Waals surface area contributed by atoms with Gasteiger partial charge in [0.1, 0.15) is 11.8 Å². The molecule has 7 nitrogen and oxygen atoms in total. The molecule has 0 spiro atoms. The molecule has 1 aromatic heterocycles. The SMILES string of the molecule is COc1ccccc1C(NC(=O)[C@@H]1CCC[C@@H]1CN)c1noc(C)n1. The Morgan fingerprint density at radius 2 is 2.24 bits per heavy atom. The van der Waals surface area contributed by atoms with Crippen molar-refractivity contribution >= 4 is 5.91 Å². The van der Waals surface area contributed by atoms with E-state index in [1.807, 2.05) is 24.3 Å². The van der Waals surface area contributed by atoms with Crippen molar-refractivity contribution in [2.75, 3.05) is 13.7 Å². The predicted octanol–water partition coefficient (Wildman–Crippen LogP) is 1.97. The van der Waals surface area contributed by atoms with Crippen LogP contribution in [0.5, 0.6) is 5.75 Å². The van der Waals surface area contributed by atoms with Crippen LogP contribution in [0.1, 0.15) is 42.6 Å². The highest BCUT2D eigenvalue weighted by molar-refractivity contribution is 5.80. The molecule has 1 heterocycles. The molecule has 1 amide bonds. The van der Waals surface area contributed by atoms with Gasteiger partial charge < -0.3 is 20.3 Å². The summed E-state index contributed by atoms with van der Waals surface area (Å²) < 4.78 is 10.6. The number of aryl methyl sites for hydroxylation is 1. The van der Waals surface area contributed by atoms with E-state index in [2.05, 4.69) is 15.5 Å². The number of carbonyl (C=O) groups excluding carboxylic acids is 1. The fraction of sp³-hybridized carbons (Fsp3) is 0.500. The third-order valence-corrected chi connectivity index (χ3v) is 4.84. The molecule has 134 valence electrons. The topological polar surface area (TPSA) is 103 Å². The molecule has 7 heteroatoms. The quantitative estimate of drug-likeness (QED) is 0.830. The highest BCUT2D eigenvalue weighted by Crippen LogP contribution is 2.33. The van der Waals surface area contributed by atoms with Crippen LogP contribution < -0.4 is 15.8 Å². The summed E-state index contributed by atoms with van der Waals surface area (Å²) in [5, 5.41) is 7.09. The van der Waals surface area contributed by atoms with E-state index >= 15 is 0 Å². The Balaban J connectivity index is 1.91. The first-order valence-electron chi connectivity index (χ1n) is 8.57. The molecular formula is C18H24N4O3. The van der Waals surface area contributed by atoms with Crippen LogP contribution in [0.15, 0.2) is 28.8 Å². The van der Waals surface area contributed by atoms with Crippen LogP contribution in [0.25, 0.3) is 0 Å². The number of hydrogen-bond donors (Lipinski definition) is 2. The fourth-order valence-corrected chi connectivity index (χ4v) is 3.53. The Morgan fingerprint density at radius 3 is 2.92 bits per heavy atom. The van der Waals surface area contributed by atoms with Crippen molar-refractivity contribution in [3.05, 3.63) is 41.5 Å². The second kappa shape index (κ2) is 7.65. The summed E-state index contributed by atoms with van der Waals surface area (Å²) in [7, 11) is 1.60. The maximum absolute atomic E-state index is 12.9. The number of nitrogens with zero attached hydrogens (tertiary/aromatic N) is 2. The molecule has 0 saturated heterocycles. The zero-order valence-electron chi connectivity index (χ0n) is 14.6. The van der Waals surface area contributed by atoms with Crippen LogP contribution in [0, 0.1) is 18.8 Å². The van der Waals surface area contributed by atoms with Gasteiger partial charge in [-0.3, -0.25) is 4.79 Å². The molecule has 1 aromatic carbocycles. The molecule has 1 aliphatic carbocycles. The van der Waals surface area contributed by atoms with E-state index in [1.165, 1.54) is 0 Å². The Bertz CT molecular complexity index is 731. The summed E-state index contributed by atoms with van der Waals surface area (Å²) in [4.78, 5) is 17.2. The lowest BCUT2D eigenvalue weighted by molar-refractivity contribution is -0.126. The van der Waals surface area contributed by atoms with Gasteiger partial charge in [0, 0.05) is 18.4 Å². The summed E-state index contributed by atoms with van der Waals surface area (Å²) in [6.45, 7) is 2.25. The maximum atomic E-state index is 12.9. The normalized spacial score (nSPS) is 21.1. The van der Waals surface area contributed by atoms with Crippen molar-refractivity contribution in [3.8, 4) is 5.75 Å². The average molecular weight is 344 g/mol. The summed E-state index contributed by atoms with van der Waals surface area (Å²) in [6.07, 6.45) is 2.88. The summed E-state index contributed by atoms with van der Waals surface area (Å²) in [5.41, 5.74) is 6.62. The summed E-state index contributed by atoms with van der Waals surface area (Å²) >= 11 is 0. The predicted molar refractivity (Wildman–Crippen MR) is 91.9 cm³/mol. The van der Waals surface area contributed by atoms with Crippen LogP contribution in [-0.2, 0) is 4.79 Å². The van der Waals surface area contributed by atoms with Gasteiger partial charge in [0.15, 0.2) is 5.82 Å². The van der Waals surface area contributed by atoms with Crippen molar-refractivity contribution in [1.29, 1.82) is 0 Å². The highest BCUT2D eigenvalue weighted by Gasteiger charge is 2.34. The average Bonchev–Trinajstić information content (AvgIpc) is 3.28. The first-order chi connectivity index (χ1) is 12.1. The van der Waals surface area contributed by atoms with Crippen LogP contribution in [0.2, 0.25) is 0 Å². The van der Waals surface area contributed by atoms with Gasteiger partial charge in [-0.05, 0) is 31.4 Å². The number of benzene rings is 1. The number of ether oxygens (including phenoxy) is 1. The molecule has 1 saturated carbocycles. The van der Waals surface area contributed by atoms with Crippen LogP contribution in [0.4, 0.5) is 0 Å². The Kier molecular flexibility index (Phi) is 5.33. The third-order valence-electron chi connectivity index (χ3n) is 4.84. The maximum Gasteiger partial charge on any atom is 0.224 e. The lowest BCUT2D eigenvalue weighted by atomic mass is 9.94. The summed E-state index contributed by atoms with van der Waals surface area (Å²) in [5.74, 6) is 1.66. The van der Waals surface area contributed by atoms with Crippen LogP contribution in [-0.4, -0.2) is 29.7 Å². The lowest BCUT2D eigenvalue weighted by Gasteiger charge is -2.23. The minimum absolute atomic E-state index is 0.0219. The third kappa shape index (κ3) is 3.66. The van der Waals surface area contributed by atoms with Gasteiger partial charge in [-0.2, -0.15) is 4.98 Å². The molecule has 25 heavy (non-hydrogen) atoms. The van der Waals surface area contributed by atoms with Gasteiger partial charge in [-0.1, -0.05) is 29.8 Å². The number of nitrogens with one attached hydrogen (secondary N) is 1. The zero-order valence-corrected chi connectivity index (χ0v) is 14.6. The first kappa shape index (κ1) is 17.4. The van der Waals surface area contributed by atoms with E-state index in [0.717, 1.165) is 24.8 Å². The van der Waals surface area contributed by atoms with E-state index in [1.54, 1.807) is 14.0 Å². The number of aromatic nitrogens is 2. The van der Waals surface area contributed by atoms with Crippen molar-refractivity contribution < 1.29 is 14.1 Å². The van der Waals surface area contributed by atoms with Crippen molar-refractivity contribution in [1.82, 2.24) is 15.5 Å². The molecule has 0 radical (unpaired) electrons. The van der Waals surface area contributed by atoms with Gasteiger partial charge in [-0.25, -0.2) is 0 Å². The smallest absolute Gasteiger partial charge is 0.224 e. The van der Waals surface area contributed by atoms with Gasteiger partial charge in [-0.15, -0.1) is 0 Å². The van der Waals surface area contributed by atoms with Gasteiger partial charge in [0.25, 0.3) is 0 Å². The molecule has 0 aliphatic heterocycles. The molecule has 0 bridgehead atoms. The largest absolute Gasteiger partial charge is 0.496 e. The lowest BCUT2D eigenvalue weighted by Crippen LogP contribution is -2.38. The number of carbonyl (C=O) groups is 1. The van der Waals surface area contributed by atoms with Crippen molar-refractivity contribution in [3.63, 3.8) is 0 Å². The number of hydrogen-bond acceptors (Lipinski definition) is 6. The van der Waals surface area contributed by atoms with E-state index in [-0.39, 0.29) is 17.7 Å². The molecule has 3 atom stereocenters. The Hall–Kier alpha value is -2.41. The Labute approximate surface area is 146 Å². The molecule has 3 rings (SSSR count). The molecule has 1 unspecified atom stereocenters. The van der Waals surface area contributed by atoms with Gasteiger partial charge >= 0.3 is 0 Å². The minimum Gasteiger partial charge on any atom is -0.496 e. The number of para-hydroxylation sites is 1. The Morgan fingerprint density at radius 1 is 1.44 bits per heavy atom. The molecular weight excluding hydrogens is 320 g/mol. The number of amides is 1.